The lowest BCUT2D eigenvalue weighted by Gasteiger charge is -2.13. The van der Waals surface area contributed by atoms with Crippen molar-refractivity contribution < 1.29 is 9.90 Å². The number of ketones is 1. The number of hydrogen-bond acceptors (Lipinski definition) is 2. The molecule has 0 spiro atoms. The molecule has 0 aromatic carbocycles. The van der Waals surface area contributed by atoms with Gasteiger partial charge in [0.1, 0.15) is 6.10 Å². The van der Waals surface area contributed by atoms with E-state index in [1.165, 1.54) is 6.08 Å². The van der Waals surface area contributed by atoms with Crippen LogP contribution < -0.4 is 0 Å². The van der Waals surface area contributed by atoms with Gasteiger partial charge in [0.2, 0.25) is 0 Å². The smallest absolute Gasteiger partial charge is 0.190 e. The number of rotatable bonds is 0. The van der Waals surface area contributed by atoms with Crippen LogP contribution in [0.15, 0.2) is 11.6 Å². The number of aliphatic hydroxyl groups is 1. The van der Waals surface area contributed by atoms with Gasteiger partial charge in [-0.05, 0) is 18.6 Å². The number of carbonyl (C=O) groups is 1. The highest BCUT2D eigenvalue weighted by molar-refractivity contribution is 6.05. The van der Waals surface area contributed by atoms with Gasteiger partial charge in [0.25, 0.3) is 0 Å². The Kier molecular flexibility index (Phi) is 0.755. The minimum atomic E-state index is -0.792. The molecule has 0 aromatic heterocycles. The zero-order valence-electron chi connectivity index (χ0n) is 4.01. The van der Waals surface area contributed by atoms with Crippen LogP contribution >= 0.6 is 0 Å². The average molecular weight is 98.1 g/mol. The maximum absolute atomic E-state index is 10.2. The minimum absolute atomic E-state index is 0.139. The third kappa shape index (κ3) is 0.472. The highest BCUT2D eigenvalue weighted by Crippen LogP contribution is 2.11. The van der Waals surface area contributed by atoms with Gasteiger partial charge in [0.15, 0.2) is 5.78 Å². The molecule has 2 nitrogen and oxygen atoms in total. The summed E-state index contributed by atoms with van der Waals surface area (Å²) in [4.78, 5) is 10.2. The summed E-state index contributed by atoms with van der Waals surface area (Å²) in [5, 5.41) is 8.46. The number of hydrogen-bond donors (Lipinski definition) is 1. The summed E-state index contributed by atoms with van der Waals surface area (Å²) in [7, 11) is 0. The van der Waals surface area contributed by atoms with Crippen molar-refractivity contribution in [1.29, 1.82) is 0 Å². The lowest BCUT2D eigenvalue weighted by molar-refractivity contribution is -0.123. The molecule has 1 rings (SSSR count). The summed E-state index contributed by atoms with van der Waals surface area (Å²) in [6.45, 7) is 1.69. The van der Waals surface area contributed by atoms with Crippen LogP contribution in [0.1, 0.15) is 6.92 Å². The fourth-order valence-electron chi connectivity index (χ4n) is 0.532. The molecule has 0 radical (unpaired) electrons. The lowest BCUT2D eigenvalue weighted by atomic mass is 9.96. The molecule has 1 N–H and O–H groups in total. The first-order valence-corrected chi connectivity index (χ1v) is 2.12. The van der Waals surface area contributed by atoms with E-state index in [-0.39, 0.29) is 5.78 Å². The monoisotopic (exact) mass is 98.0 g/mol. The van der Waals surface area contributed by atoms with Crippen LogP contribution in [0.5, 0.6) is 0 Å². The SMILES string of the molecule is CC1=CC(O)C1=O. The predicted molar refractivity (Wildman–Crippen MR) is 24.8 cm³/mol. The second kappa shape index (κ2) is 1.17. The van der Waals surface area contributed by atoms with Crippen molar-refractivity contribution in [3.8, 4) is 0 Å². The van der Waals surface area contributed by atoms with Gasteiger partial charge in [0, 0.05) is 0 Å². The Labute approximate surface area is 41.5 Å². The summed E-state index contributed by atoms with van der Waals surface area (Å²) in [5.74, 6) is -0.139. The first kappa shape index (κ1) is 4.53. The molecule has 1 atom stereocenters. The van der Waals surface area contributed by atoms with Crippen LogP contribution in [-0.4, -0.2) is 17.0 Å². The summed E-state index contributed by atoms with van der Waals surface area (Å²) < 4.78 is 0. The molecule has 38 valence electrons. The second-order valence-electron chi connectivity index (χ2n) is 1.66. The quantitative estimate of drug-likeness (QED) is 0.458. The third-order valence-electron chi connectivity index (χ3n) is 1.07. The number of aliphatic hydroxyl groups excluding tert-OH is 1. The molecule has 1 unspecified atom stereocenters. The van der Waals surface area contributed by atoms with E-state index in [0.29, 0.717) is 5.57 Å². The first-order valence-electron chi connectivity index (χ1n) is 2.12. The molecule has 1 aliphatic carbocycles. The largest absolute Gasteiger partial charge is 0.381 e. The Balaban J connectivity index is 2.75. The van der Waals surface area contributed by atoms with Crippen molar-refractivity contribution in [2.45, 2.75) is 13.0 Å². The summed E-state index contributed by atoms with van der Waals surface area (Å²) in [6.07, 6.45) is 0.738. The van der Waals surface area contributed by atoms with Crippen molar-refractivity contribution in [2.24, 2.45) is 0 Å². The average Bonchev–Trinajstić information content (AvgIpc) is 1.68. The number of Topliss-reactive ketones (excluding diaryl/α,β-unsaturated/α-hetero) is 1. The molecular weight excluding hydrogens is 92.1 g/mol. The molecule has 0 fully saturated rings. The van der Waals surface area contributed by atoms with Gasteiger partial charge in [0.05, 0.1) is 0 Å². The molecule has 0 heterocycles. The van der Waals surface area contributed by atoms with E-state index in [1.807, 2.05) is 0 Å². The molecule has 0 aromatic rings. The van der Waals surface area contributed by atoms with Gasteiger partial charge in [-0.25, -0.2) is 0 Å². The molecule has 0 saturated heterocycles. The highest BCUT2D eigenvalue weighted by Gasteiger charge is 2.23. The van der Waals surface area contributed by atoms with E-state index in [4.69, 9.17) is 5.11 Å². The van der Waals surface area contributed by atoms with Crippen LogP contribution in [0.4, 0.5) is 0 Å². The highest BCUT2D eigenvalue weighted by atomic mass is 16.3. The van der Waals surface area contributed by atoms with E-state index in [1.54, 1.807) is 6.92 Å². The van der Waals surface area contributed by atoms with E-state index in [0.717, 1.165) is 0 Å². The standard InChI is InChI=1S/C5H6O2/c1-3-2-4(6)5(3)7/h2,4,6H,1H3. The molecule has 2 heteroatoms. The van der Waals surface area contributed by atoms with Crippen molar-refractivity contribution in [2.75, 3.05) is 0 Å². The van der Waals surface area contributed by atoms with Crippen LogP contribution in [0.2, 0.25) is 0 Å². The Morgan fingerprint density at radius 2 is 2.43 bits per heavy atom. The maximum atomic E-state index is 10.2. The van der Waals surface area contributed by atoms with Gasteiger partial charge < -0.3 is 5.11 Å². The molecule has 1 aliphatic rings. The lowest BCUT2D eigenvalue weighted by Crippen LogP contribution is -2.28. The van der Waals surface area contributed by atoms with Crippen molar-refractivity contribution in [3.05, 3.63) is 11.6 Å². The molecule has 0 aliphatic heterocycles. The Morgan fingerprint density at radius 3 is 2.43 bits per heavy atom. The van der Waals surface area contributed by atoms with Crippen LogP contribution in [0.3, 0.4) is 0 Å². The van der Waals surface area contributed by atoms with Gasteiger partial charge in [-0.2, -0.15) is 0 Å². The molecular formula is C5H6O2. The van der Waals surface area contributed by atoms with E-state index >= 15 is 0 Å². The topological polar surface area (TPSA) is 37.3 Å². The summed E-state index contributed by atoms with van der Waals surface area (Å²) >= 11 is 0. The Morgan fingerprint density at radius 1 is 1.86 bits per heavy atom. The Hall–Kier alpha value is -0.630. The molecule has 7 heavy (non-hydrogen) atoms. The van der Waals surface area contributed by atoms with Crippen molar-refractivity contribution in [1.82, 2.24) is 0 Å². The summed E-state index contributed by atoms with van der Waals surface area (Å²) in [6, 6.07) is 0. The summed E-state index contributed by atoms with van der Waals surface area (Å²) in [5.41, 5.74) is 0.674. The van der Waals surface area contributed by atoms with Crippen molar-refractivity contribution in [3.63, 3.8) is 0 Å². The first-order chi connectivity index (χ1) is 3.22. The van der Waals surface area contributed by atoms with Crippen LogP contribution in [0.25, 0.3) is 0 Å². The molecule has 0 amide bonds. The van der Waals surface area contributed by atoms with Gasteiger partial charge in [-0.3, -0.25) is 4.79 Å². The zero-order valence-corrected chi connectivity index (χ0v) is 4.01. The molecule has 0 saturated carbocycles. The van der Waals surface area contributed by atoms with Crippen LogP contribution in [0, 0.1) is 0 Å². The van der Waals surface area contributed by atoms with Gasteiger partial charge in [-0.1, -0.05) is 0 Å². The minimum Gasteiger partial charge on any atom is -0.381 e. The molecule has 0 bridgehead atoms. The van der Waals surface area contributed by atoms with Crippen molar-refractivity contribution >= 4 is 5.78 Å². The van der Waals surface area contributed by atoms with Crippen LogP contribution in [-0.2, 0) is 4.79 Å². The van der Waals surface area contributed by atoms with E-state index in [2.05, 4.69) is 0 Å². The zero-order chi connectivity index (χ0) is 5.44. The Bertz CT molecular complexity index is 135. The van der Waals surface area contributed by atoms with E-state index in [9.17, 15) is 4.79 Å². The van der Waals surface area contributed by atoms with Gasteiger partial charge >= 0.3 is 0 Å². The third-order valence-corrected chi connectivity index (χ3v) is 1.07. The number of carbonyl (C=O) groups excluding carboxylic acids is 1. The second-order valence-corrected chi connectivity index (χ2v) is 1.66. The van der Waals surface area contributed by atoms with Gasteiger partial charge in [-0.15, -0.1) is 0 Å². The predicted octanol–water partition coefficient (Wildman–Crippen LogP) is -0.124. The van der Waals surface area contributed by atoms with E-state index < -0.39 is 6.10 Å². The maximum Gasteiger partial charge on any atom is 0.190 e. The fraction of sp³-hybridized carbons (Fsp3) is 0.400. The normalized spacial score (nSPS) is 29.1. The fourth-order valence-corrected chi connectivity index (χ4v) is 0.532.